The number of nitrogens with one attached hydrogen (secondary N) is 1. The SMILES string of the molecule is Cc1sc2ncn(CCC(=O)Nc3ccccc3F)c(=O)c2c1-c1ccccc1. The van der Waals surface area contributed by atoms with E-state index in [9.17, 15) is 14.0 Å². The van der Waals surface area contributed by atoms with Gasteiger partial charge in [0.05, 0.1) is 17.4 Å². The number of amides is 1. The molecule has 7 heteroatoms. The highest BCUT2D eigenvalue weighted by atomic mass is 32.1. The summed E-state index contributed by atoms with van der Waals surface area (Å²) in [7, 11) is 0. The van der Waals surface area contributed by atoms with Gasteiger partial charge >= 0.3 is 0 Å². The number of halogens is 1. The molecule has 0 unspecified atom stereocenters. The molecule has 5 nitrogen and oxygen atoms in total. The van der Waals surface area contributed by atoms with Gasteiger partial charge in [-0.1, -0.05) is 42.5 Å². The van der Waals surface area contributed by atoms with E-state index in [0.29, 0.717) is 10.2 Å². The van der Waals surface area contributed by atoms with Gasteiger partial charge in [0, 0.05) is 23.4 Å². The third-order valence-corrected chi connectivity index (χ3v) is 5.66. The van der Waals surface area contributed by atoms with Crippen molar-refractivity contribution in [3.05, 3.63) is 82.0 Å². The molecular weight excluding hydrogens is 389 g/mol. The average Bonchev–Trinajstić information content (AvgIpc) is 3.06. The van der Waals surface area contributed by atoms with Gasteiger partial charge in [-0.25, -0.2) is 9.37 Å². The number of hydrogen-bond donors (Lipinski definition) is 1. The van der Waals surface area contributed by atoms with Crippen LogP contribution >= 0.6 is 11.3 Å². The number of thiophene rings is 1. The Balaban J connectivity index is 1.60. The molecule has 0 radical (unpaired) electrons. The number of para-hydroxylation sites is 1. The van der Waals surface area contributed by atoms with Crippen LogP contribution in [-0.4, -0.2) is 15.5 Å². The molecule has 0 aliphatic carbocycles. The van der Waals surface area contributed by atoms with Crippen molar-refractivity contribution in [2.45, 2.75) is 19.9 Å². The van der Waals surface area contributed by atoms with Crippen molar-refractivity contribution < 1.29 is 9.18 Å². The van der Waals surface area contributed by atoms with Gasteiger partial charge in [0.1, 0.15) is 10.6 Å². The highest BCUT2D eigenvalue weighted by Crippen LogP contribution is 2.35. The first-order valence-corrected chi connectivity index (χ1v) is 9.94. The summed E-state index contributed by atoms with van der Waals surface area (Å²) in [6.07, 6.45) is 1.50. The van der Waals surface area contributed by atoms with Crippen LogP contribution in [0.4, 0.5) is 10.1 Å². The summed E-state index contributed by atoms with van der Waals surface area (Å²) in [4.78, 5) is 31.4. The number of anilines is 1. The van der Waals surface area contributed by atoms with Crippen LogP contribution in [0.5, 0.6) is 0 Å². The van der Waals surface area contributed by atoms with Crippen molar-refractivity contribution in [3.8, 4) is 11.1 Å². The van der Waals surface area contributed by atoms with E-state index < -0.39 is 5.82 Å². The van der Waals surface area contributed by atoms with E-state index in [1.54, 1.807) is 12.1 Å². The molecule has 2 heterocycles. The second-order valence-corrected chi connectivity index (χ2v) is 7.80. The van der Waals surface area contributed by atoms with Crippen molar-refractivity contribution in [1.29, 1.82) is 0 Å². The Morgan fingerprint density at radius 3 is 2.62 bits per heavy atom. The number of aryl methyl sites for hydroxylation is 2. The van der Waals surface area contributed by atoms with Crippen molar-refractivity contribution in [1.82, 2.24) is 9.55 Å². The maximum atomic E-state index is 13.7. The van der Waals surface area contributed by atoms with Gasteiger partial charge in [0.25, 0.3) is 5.56 Å². The van der Waals surface area contributed by atoms with Crippen LogP contribution in [0.25, 0.3) is 21.3 Å². The quantitative estimate of drug-likeness (QED) is 0.526. The number of carbonyl (C=O) groups excluding carboxylic acids is 1. The van der Waals surface area contributed by atoms with Crippen LogP contribution in [-0.2, 0) is 11.3 Å². The Labute approximate surface area is 170 Å². The number of fused-ring (bicyclic) bond motifs is 1. The van der Waals surface area contributed by atoms with Crippen LogP contribution < -0.4 is 10.9 Å². The molecule has 1 N–H and O–H groups in total. The molecule has 0 aliphatic rings. The maximum absolute atomic E-state index is 13.7. The van der Waals surface area contributed by atoms with Crippen molar-refractivity contribution in [2.24, 2.45) is 0 Å². The topological polar surface area (TPSA) is 64.0 Å². The fraction of sp³-hybridized carbons (Fsp3) is 0.136. The minimum Gasteiger partial charge on any atom is -0.324 e. The minimum absolute atomic E-state index is 0.0330. The summed E-state index contributed by atoms with van der Waals surface area (Å²) in [6.45, 7) is 2.13. The molecule has 4 aromatic rings. The van der Waals surface area contributed by atoms with E-state index in [4.69, 9.17) is 0 Å². The fourth-order valence-electron chi connectivity index (χ4n) is 3.25. The van der Waals surface area contributed by atoms with Gasteiger partial charge in [-0.15, -0.1) is 11.3 Å². The Kier molecular flexibility index (Phi) is 5.22. The molecular formula is C22H18FN3O2S. The zero-order valence-corrected chi connectivity index (χ0v) is 16.5. The predicted molar refractivity (Wildman–Crippen MR) is 114 cm³/mol. The summed E-state index contributed by atoms with van der Waals surface area (Å²) in [5, 5.41) is 3.10. The van der Waals surface area contributed by atoms with E-state index >= 15 is 0 Å². The highest BCUT2D eigenvalue weighted by molar-refractivity contribution is 7.19. The molecule has 146 valence electrons. The van der Waals surface area contributed by atoms with Crippen LogP contribution in [0.15, 0.2) is 65.7 Å². The van der Waals surface area contributed by atoms with Crippen LogP contribution in [0.1, 0.15) is 11.3 Å². The third kappa shape index (κ3) is 3.82. The largest absolute Gasteiger partial charge is 0.324 e. The Morgan fingerprint density at radius 2 is 1.86 bits per heavy atom. The molecule has 0 atom stereocenters. The van der Waals surface area contributed by atoms with E-state index in [1.807, 2.05) is 37.3 Å². The molecule has 0 saturated heterocycles. The van der Waals surface area contributed by atoms with Crippen LogP contribution in [0, 0.1) is 12.7 Å². The Bertz CT molecular complexity index is 1250. The highest BCUT2D eigenvalue weighted by Gasteiger charge is 2.17. The van der Waals surface area contributed by atoms with Crippen LogP contribution in [0.2, 0.25) is 0 Å². The first-order valence-electron chi connectivity index (χ1n) is 9.13. The molecule has 0 fully saturated rings. The summed E-state index contributed by atoms with van der Waals surface area (Å²) in [6, 6.07) is 15.7. The summed E-state index contributed by atoms with van der Waals surface area (Å²) >= 11 is 1.48. The van der Waals surface area contributed by atoms with Crippen molar-refractivity contribution >= 4 is 33.1 Å². The average molecular weight is 407 g/mol. The van der Waals surface area contributed by atoms with Gasteiger partial charge in [0.2, 0.25) is 5.91 Å². The molecule has 4 rings (SSSR count). The zero-order valence-electron chi connectivity index (χ0n) is 15.7. The van der Waals surface area contributed by atoms with E-state index in [2.05, 4.69) is 10.3 Å². The van der Waals surface area contributed by atoms with Gasteiger partial charge in [-0.05, 0) is 24.6 Å². The Morgan fingerprint density at radius 1 is 1.14 bits per heavy atom. The molecule has 2 aromatic carbocycles. The normalized spacial score (nSPS) is 11.0. The van der Waals surface area contributed by atoms with Crippen LogP contribution in [0.3, 0.4) is 0 Å². The van der Waals surface area contributed by atoms with Gasteiger partial charge in [-0.3, -0.25) is 14.2 Å². The van der Waals surface area contributed by atoms with E-state index in [0.717, 1.165) is 16.0 Å². The van der Waals surface area contributed by atoms with Crippen molar-refractivity contribution in [3.63, 3.8) is 0 Å². The Hall–Kier alpha value is -3.32. The smallest absolute Gasteiger partial charge is 0.262 e. The second kappa shape index (κ2) is 7.97. The first kappa shape index (κ1) is 19.0. The zero-order chi connectivity index (χ0) is 20.4. The lowest BCUT2D eigenvalue weighted by molar-refractivity contribution is -0.116. The summed E-state index contributed by atoms with van der Waals surface area (Å²) < 4.78 is 15.1. The lowest BCUT2D eigenvalue weighted by atomic mass is 10.0. The lowest BCUT2D eigenvalue weighted by Gasteiger charge is -2.08. The molecule has 29 heavy (non-hydrogen) atoms. The van der Waals surface area contributed by atoms with E-state index in [-0.39, 0.29) is 30.1 Å². The maximum Gasteiger partial charge on any atom is 0.262 e. The molecule has 0 saturated carbocycles. The summed E-state index contributed by atoms with van der Waals surface area (Å²) in [5.74, 6) is -0.866. The van der Waals surface area contributed by atoms with E-state index in [1.165, 1.54) is 34.4 Å². The minimum atomic E-state index is -0.498. The number of carbonyl (C=O) groups is 1. The van der Waals surface area contributed by atoms with Gasteiger partial charge in [-0.2, -0.15) is 0 Å². The number of benzene rings is 2. The predicted octanol–water partition coefficient (Wildman–Crippen LogP) is 4.60. The first-order chi connectivity index (χ1) is 14.0. The summed E-state index contributed by atoms with van der Waals surface area (Å²) in [5.41, 5.74) is 1.79. The number of hydrogen-bond acceptors (Lipinski definition) is 4. The third-order valence-electron chi connectivity index (χ3n) is 4.64. The van der Waals surface area contributed by atoms with Gasteiger partial charge < -0.3 is 5.32 Å². The van der Waals surface area contributed by atoms with Gasteiger partial charge in [0.15, 0.2) is 0 Å². The molecule has 0 bridgehead atoms. The second-order valence-electron chi connectivity index (χ2n) is 6.60. The molecule has 0 spiro atoms. The monoisotopic (exact) mass is 407 g/mol. The molecule has 0 aliphatic heterocycles. The molecule has 2 aromatic heterocycles. The fourth-order valence-corrected chi connectivity index (χ4v) is 4.25. The number of rotatable bonds is 5. The standard InChI is InChI=1S/C22H18FN3O2S/c1-14-19(15-7-3-2-4-8-15)20-21(29-14)24-13-26(22(20)28)12-11-18(27)25-17-10-6-5-9-16(17)23/h2-10,13H,11-12H2,1H3,(H,25,27). The number of aromatic nitrogens is 2. The lowest BCUT2D eigenvalue weighted by Crippen LogP contribution is -2.23. The molecule has 1 amide bonds. The van der Waals surface area contributed by atoms with Crippen molar-refractivity contribution in [2.75, 3.05) is 5.32 Å². The number of nitrogens with zero attached hydrogens (tertiary/aromatic N) is 2.